The van der Waals surface area contributed by atoms with Gasteiger partial charge in [-0.25, -0.2) is 0 Å². The molecule has 0 amide bonds. The lowest BCUT2D eigenvalue weighted by molar-refractivity contribution is -0.305. The van der Waals surface area contributed by atoms with Gasteiger partial charge in [-0.15, -0.1) is 0 Å². The van der Waals surface area contributed by atoms with Crippen molar-refractivity contribution < 1.29 is 44.2 Å². The molecule has 0 bridgehead atoms. The van der Waals surface area contributed by atoms with Crippen molar-refractivity contribution in [2.75, 3.05) is 26.4 Å². The lowest BCUT2D eigenvalue weighted by Crippen LogP contribution is -2.59. The molecule has 1 aliphatic rings. The zero-order valence-corrected chi connectivity index (χ0v) is 34.7. The van der Waals surface area contributed by atoms with Gasteiger partial charge in [0, 0.05) is 13.0 Å². The molecule has 0 aromatic rings. The summed E-state index contributed by atoms with van der Waals surface area (Å²) in [5.41, 5.74) is 0. The molecule has 6 atom stereocenters. The van der Waals surface area contributed by atoms with Gasteiger partial charge in [-0.05, 0) is 38.5 Å². The van der Waals surface area contributed by atoms with Crippen LogP contribution >= 0.6 is 0 Å². The smallest absolute Gasteiger partial charge is 0.306 e. The van der Waals surface area contributed by atoms with Gasteiger partial charge in [-0.2, -0.15) is 0 Å². The molecular weight excluding hydrogens is 684 g/mol. The van der Waals surface area contributed by atoms with E-state index in [0.717, 1.165) is 57.8 Å². The summed E-state index contributed by atoms with van der Waals surface area (Å²) in [5, 5.41) is 40.1. The number of carbonyl (C=O) groups is 1. The molecule has 9 heteroatoms. The number of allylic oxidation sites excluding steroid dienone is 4. The molecule has 54 heavy (non-hydrogen) atoms. The van der Waals surface area contributed by atoms with Gasteiger partial charge >= 0.3 is 5.97 Å². The molecule has 0 radical (unpaired) electrons. The summed E-state index contributed by atoms with van der Waals surface area (Å²) in [5.74, 6) is -0.315. The van der Waals surface area contributed by atoms with E-state index in [0.29, 0.717) is 13.0 Å². The van der Waals surface area contributed by atoms with Crippen LogP contribution in [0.4, 0.5) is 0 Å². The summed E-state index contributed by atoms with van der Waals surface area (Å²) in [6.07, 6.45) is 34.8. The standard InChI is InChI=1S/C45H84O9/c1-3-5-7-9-11-13-15-17-19-20-21-22-24-26-28-30-32-34-41(47)53-39(38-52-45-44(50)43(49)42(48)40(36-46)54-45)37-51-35-33-31-29-27-25-23-18-16-14-12-10-8-6-4-2/h8,10,14,16,39-40,42-46,48-50H,3-7,9,11-13,15,17-38H2,1-2H3/b10-8-,16-14-. The van der Waals surface area contributed by atoms with Crippen LogP contribution in [0.1, 0.15) is 194 Å². The van der Waals surface area contributed by atoms with Crippen molar-refractivity contribution in [3.05, 3.63) is 24.3 Å². The number of hydrogen-bond donors (Lipinski definition) is 4. The number of aliphatic hydroxyl groups excluding tert-OH is 4. The second-order valence-corrected chi connectivity index (χ2v) is 15.5. The number of aliphatic hydroxyl groups is 4. The molecule has 1 heterocycles. The largest absolute Gasteiger partial charge is 0.457 e. The highest BCUT2D eigenvalue weighted by Gasteiger charge is 2.44. The summed E-state index contributed by atoms with van der Waals surface area (Å²) in [6.45, 7) is 4.49. The summed E-state index contributed by atoms with van der Waals surface area (Å²) >= 11 is 0. The third-order valence-corrected chi connectivity index (χ3v) is 10.4. The van der Waals surface area contributed by atoms with Crippen LogP contribution in [-0.4, -0.2) is 89.6 Å². The first kappa shape index (κ1) is 50.7. The minimum Gasteiger partial charge on any atom is -0.457 e. The molecule has 318 valence electrons. The van der Waals surface area contributed by atoms with E-state index < -0.39 is 43.4 Å². The van der Waals surface area contributed by atoms with Crippen LogP contribution in [-0.2, 0) is 23.7 Å². The molecule has 0 aliphatic carbocycles. The third kappa shape index (κ3) is 28.1. The normalized spacial score (nSPS) is 21.0. The van der Waals surface area contributed by atoms with Crippen LogP contribution in [0.5, 0.6) is 0 Å². The van der Waals surface area contributed by atoms with Gasteiger partial charge in [0.05, 0.1) is 19.8 Å². The van der Waals surface area contributed by atoms with E-state index in [9.17, 15) is 25.2 Å². The Kier molecular flexibility index (Phi) is 35.0. The topological polar surface area (TPSA) is 135 Å². The molecular formula is C45H84O9. The van der Waals surface area contributed by atoms with Crippen molar-refractivity contribution in [3.8, 4) is 0 Å². The number of ether oxygens (including phenoxy) is 4. The minimum absolute atomic E-state index is 0.114. The van der Waals surface area contributed by atoms with E-state index in [4.69, 9.17) is 18.9 Å². The maximum absolute atomic E-state index is 12.8. The van der Waals surface area contributed by atoms with Gasteiger partial charge < -0.3 is 39.4 Å². The predicted molar refractivity (Wildman–Crippen MR) is 219 cm³/mol. The minimum atomic E-state index is -1.54. The molecule has 1 aliphatic heterocycles. The van der Waals surface area contributed by atoms with Crippen LogP contribution in [0.3, 0.4) is 0 Å². The molecule has 1 rings (SSSR count). The van der Waals surface area contributed by atoms with Gasteiger partial charge in [0.2, 0.25) is 0 Å². The average molecular weight is 769 g/mol. The Bertz CT molecular complexity index is 879. The van der Waals surface area contributed by atoms with E-state index in [1.54, 1.807) is 0 Å². The molecule has 4 N–H and O–H groups in total. The predicted octanol–water partition coefficient (Wildman–Crippen LogP) is 9.81. The number of esters is 1. The maximum Gasteiger partial charge on any atom is 0.306 e. The Balaban J connectivity index is 2.26. The maximum atomic E-state index is 12.8. The molecule has 1 saturated heterocycles. The molecule has 9 nitrogen and oxygen atoms in total. The van der Waals surface area contributed by atoms with Crippen LogP contribution in [0.2, 0.25) is 0 Å². The number of carbonyl (C=O) groups excluding carboxylic acids is 1. The van der Waals surface area contributed by atoms with Crippen molar-refractivity contribution in [2.24, 2.45) is 0 Å². The molecule has 0 spiro atoms. The first-order valence-electron chi connectivity index (χ1n) is 22.4. The molecule has 6 unspecified atom stereocenters. The van der Waals surface area contributed by atoms with Gasteiger partial charge in [-0.3, -0.25) is 4.79 Å². The Hall–Kier alpha value is -1.33. The van der Waals surface area contributed by atoms with E-state index in [1.807, 2.05) is 0 Å². The Labute approximate surface area is 330 Å². The highest BCUT2D eigenvalue weighted by Crippen LogP contribution is 2.22. The third-order valence-electron chi connectivity index (χ3n) is 10.4. The van der Waals surface area contributed by atoms with Crippen LogP contribution in [0.25, 0.3) is 0 Å². The summed E-state index contributed by atoms with van der Waals surface area (Å²) in [6, 6.07) is 0. The van der Waals surface area contributed by atoms with Crippen LogP contribution < -0.4 is 0 Å². The first-order valence-corrected chi connectivity index (χ1v) is 22.4. The quantitative estimate of drug-likeness (QED) is 0.0275. The van der Waals surface area contributed by atoms with Crippen molar-refractivity contribution >= 4 is 5.97 Å². The van der Waals surface area contributed by atoms with Gasteiger partial charge in [0.25, 0.3) is 0 Å². The fourth-order valence-corrected chi connectivity index (χ4v) is 6.82. The Morgan fingerprint density at radius 2 is 1.11 bits per heavy atom. The van der Waals surface area contributed by atoms with Gasteiger partial charge in [-0.1, -0.05) is 173 Å². The number of unbranched alkanes of at least 4 members (excludes halogenated alkanes) is 23. The zero-order chi connectivity index (χ0) is 39.3. The summed E-state index contributed by atoms with van der Waals surface area (Å²) < 4.78 is 22.8. The van der Waals surface area contributed by atoms with Gasteiger partial charge in [0.15, 0.2) is 6.29 Å². The molecule has 1 fully saturated rings. The summed E-state index contributed by atoms with van der Waals surface area (Å²) in [7, 11) is 0. The lowest BCUT2D eigenvalue weighted by atomic mass is 9.99. The highest BCUT2D eigenvalue weighted by molar-refractivity contribution is 5.69. The van der Waals surface area contributed by atoms with E-state index in [-0.39, 0.29) is 19.2 Å². The number of hydrogen-bond acceptors (Lipinski definition) is 9. The van der Waals surface area contributed by atoms with Gasteiger partial charge in [0.1, 0.15) is 30.5 Å². The molecule has 0 aromatic heterocycles. The summed E-state index contributed by atoms with van der Waals surface area (Å²) in [4.78, 5) is 12.8. The molecule has 0 aromatic carbocycles. The Morgan fingerprint density at radius 3 is 1.67 bits per heavy atom. The van der Waals surface area contributed by atoms with E-state index >= 15 is 0 Å². The van der Waals surface area contributed by atoms with Crippen molar-refractivity contribution in [2.45, 2.75) is 230 Å². The SMILES string of the molecule is CCC/C=C\C/C=C\CCCCCCCCOCC(COC1OC(CO)C(O)C(O)C1O)OC(=O)CCCCCCCCCCCCCCCCCCC. The van der Waals surface area contributed by atoms with E-state index in [1.165, 1.54) is 116 Å². The highest BCUT2D eigenvalue weighted by atomic mass is 16.7. The van der Waals surface area contributed by atoms with Crippen LogP contribution in [0.15, 0.2) is 24.3 Å². The monoisotopic (exact) mass is 769 g/mol. The first-order chi connectivity index (χ1) is 26.4. The lowest BCUT2D eigenvalue weighted by Gasteiger charge is -2.39. The Morgan fingerprint density at radius 1 is 0.593 bits per heavy atom. The van der Waals surface area contributed by atoms with E-state index in [2.05, 4.69) is 38.2 Å². The van der Waals surface area contributed by atoms with Crippen molar-refractivity contribution in [1.29, 1.82) is 0 Å². The molecule has 0 saturated carbocycles. The van der Waals surface area contributed by atoms with Crippen molar-refractivity contribution in [1.82, 2.24) is 0 Å². The fourth-order valence-electron chi connectivity index (χ4n) is 6.82. The average Bonchev–Trinajstić information content (AvgIpc) is 3.17. The van der Waals surface area contributed by atoms with Crippen LogP contribution in [0, 0.1) is 0 Å². The van der Waals surface area contributed by atoms with Crippen molar-refractivity contribution in [3.63, 3.8) is 0 Å². The second-order valence-electron chi connectivity index (χ2n) is 15.5. The fraction of sp³-hybridized carbons (Fsp3) is 0.889. The zero-order valence-electron chi connectivity index (χ0n) is 34.7. The second kappa shape index (κ2) is 37.3. The number of rotatable bonds is 38.